The van der Waals surface area contributed by atoms with Crippen LogP contribution in [-0.2, 0) is 11.2 Å². The summed E-state index contributed by atoms with van der Waals surface area (Å²) in [5.74, 6) is -0.622. The molecule has 0 aliphatic carbocycles. The molecule has 4 aromatic rings. The van der Waals surface area contributed by atoms with Crippen LogP contribution < -0.4 is 20.5 Å². The van der Waals surface area contributed by atoms with Gasteiger partial charge in [-0.15, -0.1) is 0 Å². The molecule has 0 saturated heterocycles. The molecule has 1 atom stereocenters. The van der Waals surface area contributed by atoms with Gasteiger partial charge >= 0.3 is 5.69 Å². The van der Waals surface area contributed by atoms with Crippen molar-refractivity contribution in [1.29, 1.82) is 0 Å². The van der Waals surface area contributed by atoms with Gasteiger partial charge in [0.05, 0.1) is 5.69 Å². The normalized spacial score (nSPS) is 13.3. The molecule has 3 aromatic carbocycles. The Labute approximate surface area is 218 Å². The first-order valence-electron chi connectivity index (χ1n) is 11.1. The van der Waals surface area contributed by atoms with Gasteiger partial charge in [0.25, 0.3) is 0 Å². The number of imidazole rings is 1. The number of carbonyl (C=O) groups excluding carboxylic acids is 1. The molecule has 2 heterocycles. The Hall–Kier alpha value is -3.80. The summed E-state index contributed by atoms with van der Waals surface area (Å²) in [6.45, 7) is 0.816. The van der Waals surface area contributed by atoms with E-state index in [9.17, 15) is 19.1 Å². The Morgan fingerprint density at radius 2 is 1.83 bits per heavy atom. The molecule has 10 heteroatoms. The summed E-state index contributed by atoms with van der Waals surface area (Å²) in [6.07, 6.45) is 0.0879. The minimum Gasteiger partial charge on any atom is -0.493 e. The number of nitrogens with one attached hydrogen (secondary N) is 2. The van der Waals surface area contributed by atoms with Crippen LogP contribution in [0.3, 0.4) is 0 Å². The fourth-order valence-electron chi connectivity index (χ4n) is 4.07. The fraction of sp³-hybridized carbons (Fsp3) is 0.154. The van der Waals surface area contributed by atoms with Crippen LogP contribution in [-0.4, -0.2) is 33.8 Å². The van der Waals surface area contributed by atoms with E-state index in [1.807, 2.05) is 52.9 Å². The zero-order chi connectivity index (χ0) is 25.2. The second-order valence-corrected chi connectivity index (χ2v) is 9.42. The molecule has 1 aromatic heterocycles. The molecule has 1 aliphatic rings. The summed E-state index contributed by atoms with van der Waals surface area (Å²) in [5, 5.41) is 13.7. The SMILES string of the molecule is O=C(Nc1ccc(I)cc1F)[C@H](Cc1ccccc1)n1c(O)c(-c2ccc3c(c2)OCCO3)[nH]c1=O. The van der Waals surface area contributed by atoms with Crippen molar-refractivity contribution >= 4 is 34.2 Å². The lowest BCUT2D eigenvalue weighted by Crippen LogP contribution is -2.33. The first kappa shape index (κ1) is 23.9. The molecule has 1 aliphatic heterocycles. The van der Waals surface area contributed by atoms with E-state index < -0.39 is 29.3 Å². The van der Waals surface area contributed by atoms with Gasteiger partial charge in [-0.05, 0) is 64.6 Å². The number of aromatic amines is 1. The van der Waals surface area contributed by atoms with Gasteiger partial charge in [-0.1, -0.05) is 30.3 Å². The maximum absolute atomic E-state index is 14.5. The number of H-pyrrole nitrogens is 1. The van der Waals surface area contributed by atoms with Crippen LogP contribution in [0.5, 0.6) is 17.4 Å². The van der Waals surface area contributed by atoms with Gasteiger partial charge in [0.1, 0.15) is 30.8 Å². The largest absolute Gasteiger partial charge is 0.493 e. The Morgan fingerprint density at radius 3 is 2.58 bits per heavy atom. The molecule has 0 bridgehead atoms. The predicted octanol–water partition coefficient (Wildman–Crippen LogP) is 4.49. The summed E-state index contributed by atoms with van der Waals surface area (Å²) in [6, 6.07) is 17.3. The molecule has 0 fully saturated rings. The van der Waals surface area contributed by atoms with E-state index in [0.29, 0.717) is 33.8 Å². The number of halogens is 2. The Morgan fingerprint density at radius 1 is 1.08 bits per heavy atom. The summed E-state index contributed by atoms with van der Waals surface area (Å²) >= 11 is 1.97. The standard InChI is InChI=1S/C26H21FIN3O5/c27-18-14-17(28)7-8-19(18)29-24(32)20(12-15-4-2-1-3-5-15)31-25(33)23(30-26(31)34)16-6-9-21-22(13-16)36-11-10-35-21/h1-9,13-14,20,33H,10-12H2,(H,29,32)(H,30,34)/t20-/m0/s1. The van der Waals surface area contributed by atoms with Gasteiger partial charge in [0, 0.05) is 15.6 Å². The highest BCUT2D eigenvalue weighted by molar-refractivity contribution is 14.1. The van der Waals surface area contributed by atoms with Gasteiger partial charge in [-0.25, -0.2) is 13.8 Å². The lowest BCUT2D eigenvalue weighted by Gasteiger charge is -2.20. The second kappa shape index (κ2) is 10.1. The zero-order valence-electron chi connectivity index (χ0n) is 18.8. The molecule has 0 saturated carbocycles. The second-order valence-electron chi connectivity index (χ2n) is 8.18. The lowest BCUT2D eigenvalue weighted by molar-refractivity contribution is -0.119. The highest BCUT2D eigenvalue weighted by atomic mass is 127. The third-order valence-electron chi connectivity index (χ3n) is 5.81. The predicted molar refractivity (Wildman–Crippen MR) is 140 cm³/mol. The molecule has 184 valence electrons. The van der Waals surface area contributed by atoms with Crippen molar-refractivity contribution in [3.05, 3.63) is 92.2 Å². The van der Waals surface area contributed by atoms with Crippen LogP contribution >= 0.6 is 22.6 Å². The minimum atomic E-state index is -1.17. The van der Waals surface area contributed by atoms with Crippen molar-refractivity contribution in [3.8, 4) is 28.6 Å². The Kier molecular flexibility index (Phi) is 6.68. The molecule has 5 rings (SSSR count). The smallest absolute Gasteiger partial charge is 0.329 e. The van der Waals surface area contributed by atoms with Crippen LogP contribution in [0.4, 0.5) is 10.1 Å². The number of aromatic nitrogens is 2. The van der Waals surface area contributed by atoms with Gasteiger partial charge in [0.15, 0.2) is 11.5 Å². The van der Waals surface area contributed by atoms with Gasteiger partial charge < -0.3 is 24.9 Å². The van der Waals surface area contributed by atoms with E-state index in [4.69, 9.17) is 9.47 Å². The average molecular weight is 601 g/mol. The number of rotatable bonds is 6. The van der Waals surface area contributed by atoms with E-state index in [1.54, 1.807) is 24.3 Å². The number of fused-ring (bicyclic) bond motifs is 1. The maximum Gasteiger partial charge on any atom is 0.329 e. The highest BCUT2D eigenvalue weighted by Gasteiger charge is 2.29. The van der Waals surface area contributed by atoms with Crippen molar-refractivity contribution in [2.45, 2.75) is 12.5 Å². The molecule has 0 unspecified atom stereocenters. The first-order chi connectivity index (χ1) is 17.4. The number of carbonyl (C=O) groups is 1. The van der Waals surface area contributed by atoms with Crippen LogP contribution in [0.1, 0.15) is 11.6 Å². The number of benzene rings is 3. The van der Waals surface area contributed by atoms with Gasteiger partial charge in [-0.2, -0.15) is 0 Å². The van der Waals surface area contributed by atoms with E-state index in [2.05, 4.69) is 10.3 Å². The molecule has 0 spiro atoms. The van der Waals surface area contributed by atoms with Gasteiger partial charge in [-0.3, -0.25) is 4.79 Å². The number of nitrogens with zero attached hydrogens (tertiary/aromatic N) is 1. The van der Waals surface area contributed by atoms with Crippen molar-refractivity contribution in [2.75, 3.05) is 18.5 Å². The van der Waals surface area contributed by atoms with Crippen LogP contribution in [0.25, 0.3) is 11.3 Å². The zero-order valence-corrected chi connectivity index (χ0v) is 21.0. The van der Waals surface area contributed by atoms with E-state index in [-0.39, 0.29) is 17.8 Å². The number of anilines is 1. The number of hydrogen-bond donors (Lipinski definition) is 3. The monoisotopic (exact) mass is 601 g/mol. The molecule has 1 amide bonds. The van der Waals surface area contributed by atoms with Crippen LogP contribution in [0.15, 0.2) is 71.5 Å². The van der Waals surface area contributed by atoms with E-state index in [0.717, 1.165) is 10.1 Å². The van der Waals surface area contributed by atoms with Crippen LogP contribution in [0, 0.1) is 9.39 Å². The summed E-state index contributed by atoms with van der Waals surface area (Å²) in [5.41, 5.74) is 0.665. The molecule has 36 heavy (non-hydrogen) atoms. The number of aromatic hydroxyl groups is 1. The summed E-state index contributed by atoms with van der Waals surface area (Å²) < 4.78 is 27.3. The van der Waals surface area contributed by atoms with Crippen molar-refractivity contribution in [2.24, 2.45) is 0 Å². The van der Waals surface area contributed by atoms with Gasteiger partial charge in [0.2, 0.25) is 11.8 Å². The average Bonchev–Trinajstić information content (AvgIpc) is 3.18. The maximum atomic E-state index is 14.5. The molecule has 0 radical (unpaired) electrons. The minimum absolute atomic E-state index is 0.0198. The van der Waals surface area contributed by atoms with E-state index in [1.165, 1.54) is 12.1 Å². The first-order valence-corrected chi connectivity index (χ1v) is 12.2. The summed E-state index contributed by atoms with van der Waals surface area (Å²) in [4.78, 5) is 29.1. The lowest BCUT2D eigenvalue weighted by atomic mass is 10.0. The van der Waals surface area contributed by atoms with Crippen molar-refractivity contribution in [3.63, 3.8) is 0 Å². The molecule has 8 nitrogen and oxygen atoms in total. The van der Waals surface area contributed by atoms with E-state index >= 15 is 0 Å². The quantitative estimate of drug-likeness (QED) is 0.283. The molecular formula is C26H21FIN3O5. The number of amides is 1. The number of ether oxygens (including phenoxy) is 2. The van der Waals surface area contributed by atoms with Crippen LogP contribution in [0.2, 0.25) is 0 Å². The fourth-order valence-corrected chi connectivity index (χ4v) is 4.53. The third-order valence-corrected chi connectivity index (χ3v) is 6.48. The highest BCUT2D eigenvalue weighted by Crippen LogP contribution is 2.37. The Balaban J connectivity index is 1.54. The van der Waals surface area contributed by atoms with Crippen molar-refractivity contribution < 1.29 is 23.8 Å². The molecular weight excluding hydrogens is 580 g/mol. The van der Waals surface area contributed by atoms with Crippen molar-refractivity contribution in [1.82, 2.24) is 9.55 Å². The topological polar surface area (TPSA) is 106 Å². The third kappa shape index (κ3) is 4.81. The summed E-state index contributed by atoms with van der Waals surface area (Å²) in [7, 11) is 0. The Bertz CT molecular complexity index is 1480. The number of hydrogen-bond acceptors (Lipinski definition) is 5. The molecule has 3 N–H and O–H groups in total.